The van der Waals surface area contributed by atoms with Gasteiger partial charge in [-0.25, -0.2) is 8.42 Å². The van der Waals surface area contributed by atoms with Gasteiger partial charge in [-0.3, -0.25) is 13.9 Å². The molecular weight excluding hydrogens is 498 g/mol. The molecule has 0 aliphatic carbocycles. The van der Waals surface area contributed by atoms with Crippen molar-refractivity contribution in [3.8, 4) is 0 Å². The van der Waals surface area contributed by atoms with Crippen LogP contribution in [0.1, 0.15) is 56.7 Å². The van der Waals surface area contributed by atoms with E-state index in [9.17, 15) is 18.0 Å². The van der Waals surface area contributed by atoms with E-state index < -0.39 is 16.1 Å². The van der Waals surface area contributed by atoms with Crippen LogP contribution >= 0.6 is 11.6 Å². The number of hydrogen-bond donors (Lipinski definition) is 1. The molecule has 0 saturated heterocycles. The summed E-state index contributed by atoms with van der Waals surface area (Å²) in [5.41, 5.74) is 3.16. The van der Waals surface area contributed by atoms with Crippen LogP contribution in [0, 0.1) is 13.8 Å². The Morgan fingerprint density at radius 3 is 2.31 bits per heavy atom. The molecule has 7 nitrogen and oxygen atoms in total. The number of benzene rings is 2. The summed E-state index contributed by atoms with van der Waals surface area (Å²) in [6.07, 6.45) is 2.00. The molecule has 0 radical (unpaired) electrons. The fraction of sp³-hybridized carbons (Fsp3) is 0.481. The number of carbonyl (C=O) groups is 2. The highest BCUT2D eigenvalue weighted by molar-refractivity contribution is 7.92. The molecule has 2 aromatic carbocycles. The molecular formula is C27H38ClN3O4S. The second kappa shape index (κ2) is 13.1. The Hall–Kier alpha value is -2.58. The SMILES string of the molecule is CC[C@@H](C(=O)NC(C)C)N(Cc1ccccc1C)C(=O)CCCN(c1cccc(Cl)c1C)S(C)(=O)=O. The van der Waals surface area contributed by atoms with Crippen LogP contribution in [0.3, 0.4) is 0 Å². The smallest absolute Gasteiger partial charge is 0.243 e. The van der Waals surface area contributed by atoms with Crippen molar-refractivity contribution in [2.24, 2.45) is 0 Å². The summed E-state index contributed by atoms with van der Waals surface area (Å²) < 4.78 is 26.4. The second-order valence-corrected chi connectivity index (χ2v) is 11.7. The number of carbonyl (C=O) groups excluding carboxylic acids is 2. The minimum absolute atomic E-state index is 0.0498. The zero-order chi connectivity index (χ0) is 27.0. The fourth-order valence-corrected chi connectivity index (χ4v) is 5.31. The van der Waals surface area contributed by atoms with Crippen LogP contribution in [0.2, 0.25) is 5.02 Å². The molecule has 9 heteroatoms. The van der Waals surface area contributed by atoms with Gasteiger partial charge in [-0.1, -0.05) is 48.9 Å². The van der Waals surface area contributed by atoms with Crippen LogP contribution in [0.25, 0.3) is 0 Å². The van der Waals surface area contributed by atoms with E-state index >= 15 is 0 Å². The normalized spacial score (nSPS) is 12.3. The third kappa shape index (κ3) is 7.96. The Balaban J connectivity index is 2.26. The van der Waals surface area contributed by atoms with Gasteiger partial charge in [0, 0.05) is 30.6 Å². The lowest BCUT2D eigenvalue weighted by Gasteiger charge is -2.32. The van der Waals surface area contributed by atoms with E-state index in [1.54, 1.807) is 30.0 Å². The van der Waals surface area contributed by atoms with Crippen LogP contribution < -0.4 is 9.62 Å². The van der Waals surface area contributed by atoms with Crippen LogP contribution in [0.15, 0.2) is 42.5 Å². The number of sulfonamides is 1. The maximum absolute atomic E-state index is 13.5. The Morgan fingerprint density at radius 1 is 1.06 bits per heavy atom. The summed E-state index contributed by atoms with van der Waals surface area (Å²) in [6, 6.07) is 12.2. The fourth-order valence-electron chi connectivity index (χ4n) is 4.12. The van der Waals surface area contributed by atoms with Crippen molar-refractivity contribution >= 4 is 39.1 Å². The average Bonchev–Trinajstić information content (AvgIpc) is 2.78. The van der Waals surface area contributed by atoms with E-state index in [-0.39, 0.29) is 30.8 Å². The minimum atomic E-state index is -3.59. The number of nitrogens with one attached hydrogen (secondary N) is 1. The molecule has 0 fully saturated rings. The highest BCUT2D eigenvalue weighted by atomic mass is 35.5. The maximum Gasteiger partial charge on any atom is 0.243 e. The summed E-state index contributed by atoms with van der Waals surface area (Å²) in [7, 11) is -3.59. The number of amides is 2. The van der Waals surface area contributed by atoms with Crippen LogP contribution in [0.5, 0.6) is 0 Å². The molecule has 2 aromatic rings. The number of halogens is 1. The molecule has 0 aromatic heterocycles. The molecule has 1 N–H and O–H groups in total. The maximum atomic E-state index is 13.5. The zero-order valence-electron chi connectivity index (χ0n) is 22.0. The molecule has 0 aliphatic heterocycles. The van der Waals surface area contributed by atoms with Crippen LogP contribution in [0.4, 0.5) is 5.69 Å². The van der Waals surface area contributed by atoms with Gasteiger partial charge >= 0.3 is 0 Å². The Bertz CT molecular complexity index is 1170. The molecule has 0 aliphatic rings. The van der Waals surface area contributed by atoms with Crippen molar-refractivity contribution in [3.63, 3.8) is 0 Å². The molecule has 0 spiro atoms. The van der Waals surface area contributed by atoms with E-state index in [1.165, 1.54) is 4.31 Å². The predicted octanol–water partition coefficient (Wildman–Crippen LogP) is 4.84. The van der Waals surface area contributed by atoms with Crippen molar-refractivity contribution in [3.05, 3.63) is 64.2 Å². The molecule has 0 saturated carbocycles. The van der Waals surface area contributed by atoms with Crippen molar-refractivity contribution in [2.45, 2.75) is 72.5 Å². The molecule has 2 rings (SSSR count). The van der Waals surface area contributed by atoms with Crippen molar-refractivity contribution in [2.75, 3.05) is 17.1 Å². The highest BCUT2D eigenvalue weighted by Crippen LogP contribution is 2.28. The van der Waals surface area contributed by atoms with Gasteiger partial charge in [0.15, 0.2) is 0 Å². The number of hydrogen-bond acceptors (Lipinski definition) is 4. The quantitative estimate of drug-likeness (QED) is 0.421. The molecule has 198 valence electrons. The van der Waals surface area contributed by atoms with Gasteiger partial charge in [-0.05, 0) is 69.4 Å². The Morgan fingerprint density at radius 2 is 1.72 bits per heavy atom. The first-order chi connectivity index (χ1) is 16.9. The van der Waals surface area contributed by atoms with E-state index in [2.05, 4.69) is 5.32 Å². The van der Waals surface area contributed by atoms with Gasteiger partial charge in [-0.15, -0.1) is 0 Å². The average molecular weight is 536 g/mol. The van der Waals surface area contributed by atoms with E-state index in [4.69, 9.17) is 11.6 Å². The monoisotopic (exact) mass is 535 g/mol. The molecule has 1 atom stereocenters. The summed E-state index contributed by atoms with van der Waals surface area (Å²) in [5.74, 6) is -0.387. The predicted molar refractivity (Wildman–Crippen MR) is 147 cm³/mol. The standard InChI is InChI=1S/C27H38ClN3O4S/c1-7-24(27(33)29-19(2)3)30(18-22-13-9-8-12-20(22)4)26(32)16-11-17-31(36(6,34)35)25-15-10-14-23(28)21(25)5/h8-10,12-15,19,24H,7,11,16-18H2,1-6H3,(H,29,33)/t24-/m0/s1. The summed E-state index contributed by atoms with van der Waals surface area (Å²) >= 11 is 6.22. The third-order valence-corrected chi connectivity index (χ3v) is 7.67. The molecule has 36 heavy (non-hydrogen) atoms. The number of nitrogens with zero attached hydrogens (tertiary/aromatic N) is 2. The number of rotatable bonds is 12. The van der Waals surface area contributed by atoms with Gasteiger partial charge in [0.1, 0.15) is 6.04 Å². The number of anilines is 1. The van der Waals surface area contributed by atoms with Crippen molar-refractivity contribution in [1.29, 1.82) is 0 Å². The molecule has 0 bridgehead atoms. The molecule has 0 heterocycles. The van der Waals surface area contributed by atoms with Gasteiger partial charge in [0.05, 0.1) is 11.9 Å². The van der Waals surface area contributed by atoms with Gasteiger partial charge in [-0.2, -0.15) is 0 Å². The number of aryl methyl sites for hydroxylation is 1. The largest absolute Gasteiger partial charge is 0.352 e. The van der Waals surface area contributed by atoms with E-state index in [1.807, 2.05) is 52.0 Å². The summed E-state index contributed by atoms with van der Waals surface area (Å²) in [4.78, 5) is 28.1. The van der Waals surface area contributed by atoms with Crippen molar-refractivity contribution < 1.29 is 18.0 Å². The van der Waals surface area contributed by atoms with E-state index in [0.29, 0.717) is 35.7 Å². The highest BCUT2D eigenvalue weighted by Gasteiger charge is 2.29. The van der Waals surface area contributed by atoms with E-state index in [0.717, 1.165) is 17.4 Å². The lowest BCUT2D eigenvalue weighted by molar-refractivity contribution is -0.141. The van der Waals surface area contributed by atoms with Gasteiger partial charge < -0.3 is 10.2 Å². The van der Waals surface area contributed by atoms with Gasteiger partial charge in [0.25, 0.3) is 0 Å². The molecule has 0 unspecified atom stereocenters. The third-order valence-electron chi connectivity index (χ3n) is 6.08. The summed E-state index contributed by atoms with van der Waals surface area (Å²) in [6.45, 7) is 9.83. The first-order valence-electron chi connectivity index (χ1n) is 12.2. The van der Waals surface area contributed by atoms with Crippen molar-refractivity contribution in [1.82, 2.24) is 10.2 Å². The molecule has 2 amide bonds. The first-order valence-corrected chi connectivity index (χ1v) is 14.5. The van der Waals surface area contributed by atoms with Crippen LogP contribution in [-0.4, -0.2) is 50.0 Å². The van der Waals surface area contributed by atoms with Gasteiger partial charge in [0.2, 0.25) is 21.8 Å². The Kier molecular flexibility index (Phi) is 10.8. The zero-order valence-corrected chi connectivity index (χ0v) is 23.6. The Labute approximate surface area is 220 Å². The van der Waals surface area contributed by atoms with Crippen LogP contribution in [-0.2, 0) is 26.2 Å². The minimum Gasteiger partial charge on any atom is -0.352 e. The second-order valence-electron chi connectivity index (χ2n) is 9.36. The summed E-state index contributed by atoms with van der Waals surface area (Å²) in [5, 5.41) is 3.40. The first kappa shape index (κ1) is 29.6. The topological polar surface area (TPSA) is 86.8 Å². The lowest BCUT2D eigenvalue weighted by Crippen LogP contribution is -2.50. The lowest BCUT2D eigenvalue weighted by atomic mass is 10.0.